The fourth-order valence-corrected chi connectivity index (χ4v) is 9.28. The molecule has 2 rings (SSSR count). The third kappa shape index (κ3) is 24.3. The van der Waals surface area contributed by atoms with Crippen LogP contribution in [0.15, 0.2) is 30.3 Å². The number of aliphatic hydroxyl groups excluding tert-OH is 2. The molecule has 0 radical (unpaired) electrons. The summed E-state index contributed by atoms with van der Waals surface area (Å²) in [5.41, 5.74) is 6.35. The zero-order chi connectivity index (χ0) is 65.8. The highest BCUT2D eigenvalue weighted by molar-refractivity contribution is 5.99. The minimum absolute atomic E-state index is 0.0676. The van der Waals surface area contributed by atoms with Crippen LogP contribution in [0.1, 0.15) is 134 Å². The second-order valence-corrected chi connectivity index (χ2v) is 23.1. The molecule has 17 N–H and O–H groups in total. The second-order valence-electron chi connectivity index (χ2n) is 23.1. The van der Waals surface area contributed by atoms with Crippen LogP contribution in [0.3, 0.4) is 0 Å². The molecule has 490 valence electrons. The quantitative estimate of drug-likeness (QED) is 0.0158. The van der Waals surface area contributed by atoms with Crippen LogP contribution in [0.25, 0.3) is 0 Å². The van der Waals surface area contributed by atoms with E-state index in [1.807, 2.05) is 51.1 Å². The van der Waals surface area contributed by atoms with Crippen LogP contribution in [0.4, 0.5) is 0 Å². The standard InChI is InChI=1S/C59H100N14O14/c1-14-31(7)43(70-50(78)39(62-13)27-37-22-19-18-20-23-37)54(82)67-41(28-74)52(80)65-38(24-21-25-63-59(60)61)49(77)69-45(33(9)16-3)56(84)71-44(32(8)15-2)55(83)68-42(29-75)53(81)73-47-36(12)87-58(86)46(34(10)17-4)72-51(79)40(26-30(5)6)66-48(76)35(11)64-57(47)85/h18-20,22-23,30-36,38-47,62,74-75H,14-17,21,24-29H2,1-13H3,(H,64,85)(H,65,80)(H,66,76)(H,67,82)(H,68,83)(H,69,77)(H,70,78)(H,71,84)(H,72,79)(H,73,81)(H4,60,61,63)/t31-,32-,33+,34-,35-,36-,38+,39+,40-,41-,42-,43-,44-,45+,46-,47+/m0/s1. The number of carbonyl (C=O) groups excluding carboxylic acids is 11. The lowest BCUT2D eigenvalue weighted by atomic mass is 9.94. The van der Waals surface area contributed by atoms with Gasteiger partial charge >= 0.3 is 5.97 Å². The number of esters is 1. The summed E-state index contributed by atoms with van der Waals surface area (Å²) in [5, 5.41) is 60.1. The molecule has 1 aromatic rings. The number of hydrogen-bond acceptors (Lipinski definition) is 16. The van der Waals surface area contributed by atoms with Crippen LogP contribution in [0.5, 0.6) is 0 Å². The molecular weight excluding hydrogens is 1130 g/mol. The highest BCUT2D eigenvalue weighted by atomic mass is 16.5. The number of carbonyl (C=O) groups is 11. The van der Waals surface area contributed by atoms with E-state index in [1.54, 1.807) is 55.5 Å². The Hall–Kier alpha value is -7.46. The number of amides is 10. The van der Waals surface area contributed by atoms with Gasteiger partial charge in [-0.2, -0.15) is 0 Å². The predicted molar refractivity (Wildman–Crippen MR) is 324 cm³/mol. The summed E-state index contributed by atoms with van der Waals surface area (Å²) >= 11 is 0. The maximum Gasteiger partial charge on any atom is 0.329 e. The van der Waals surface area contributed by atoms with Gasteiger partial charge in [0.15, 0.2) is 5.96 Å². The van der Waals surface area contributed by atoms with Gasteiger partial charge in [0.05, 0.1) is 19.3 Å². The topological polar surface area (TPSA) is 432 Å². The molecule has 1 aromatic carbocycles. The normalized spacial score (nSPS) is 21.3. The first-order valence-electron chi connectivity index (χ1n) is 30.3. The molecule has 1 saturated heterocycles. The van der Waals surface area contributed by atoms with Crippen molar-refractivity contribution in [2.45, 2.75) is 207 Å². The van der Waals surface area contributed by atoms with Crippen molar-refractivity contribution in [2.75, 3.05) is 26.8 Å². The first-order valence-corrected chi connectivity index (χ1v) is 30.3. The molecule has 1 aliphatic rings. The molecule has 1 fully saturated rings. The largest absolute Gasteiger partial charge is 0.458 e. The van der Waals surface area contributed by atoms with E-state index in [1.165, 1.54) is 13.8 Å². The summed E-state index contributed by atoms with van der Waals surface area (Å²) in [7, 11) is 1.61. The molecule has 28 heteroatoms. The maximum absolute atomic E-state index is 14.5. The Kier molecular flexibility index (Phi) is 33.0. The van der Waals surface area contributed by atoms with Crippen LogP contribution in [-0.4, -0.2) is 181 Å². The molecule has 1 heterocycles. The van der Waals surface area contributed by atoms with Crippen molar-refractivity contribution in [3.05, 3.63) is 35.9 Å². The van der Waals surface area contributed by atoms with Gasteiger partial charge in [0.1, 0.15) is 66.5 Å². The number of hydrogen-bond donors (Lipinski definition) is 16. The van der Waals surface area contributed by atoms with Gasteiger partial charge in [-0.3, -0.25) is 53.4 Å². The predicted octanol–water partition coefficient (Wildman–Crippen LogP) is -1.89. The summed E-state index contributed by atoms with van der Waals surface area (Å²) in [6, 6.07) is -5.61. The minimum atomic E-state index is -1.79. The van der Waals surface area contributed by atoms with Crippen molar-refractivity contribution >= 4 is 71.0 Å². The van der Waals surface area contributed by atoms with E-state index >= 15 is 0 Å². The van der Waals surface area contributed by atoms with Gasteiger partial charge in [-0.05, 0) is 81.7 Å². The lowest BCUT2D eigenvalue weighted by Gasteiger charge is -2.31. The van der Waals surface area contributed by atoms with Crippen LogP contribution < -0.4 is 69.5 Å². The van der Waals surface area contributed by atoms with Gasteiger partial charge in [0, 0.05) is 6.54 Å². The summed E-state index contributed by atoms with van der Waals surface area (Å²) in [5.74, 6) is -12.0. The fraction of sp³-hybridized carbons (Fsp3) is 0.695. The number of cyclic esters (lactones) is 1. The Morgan fingerprint density at radius 2 is 1.08 bits per heavy atom. The lowest BCUT2D eigenvalue weighted by molar-refractivity contribution is -0.157. The summed E-state index contributed by atoms with van der Waals surface area (Å²) in [4.78, 5) is 153. The van der Waals surface area contributed by atoms with E-state index in [9.17, 15) is 63.0 Å². The lowest BCUT2D eigenvalue weighted by Crippen LogP contribution is -2.63. The number of likely N-dealkylation sites (N-methyl/N-ethyl adjacent to an activating group) is 1. The van der Waals surface area contributed by atoms with E-state index in [4.69, 9.17) is 15.9 Å². The second kappa shape index (κ2) is 38.0. The molecular formula is C59H100N14O14. The van der Waals surface area contributed by atoms with Gasteiger partial charge < -0.3 is 84.5 Å². The summed E-state index contributed by atoms with van der Waals surface area (Å²) in [6.45, 7) is 18.2. The maximum atomic E-state index is 14.5. The highest BCUT2D eigenvalue weighted by Crippen LogP contribution is 2.18. The van der Waals surface area contributed by atoms with E-state index in [0.717, 1.165) is 5.56 Å². The molecule has 87 heavy (non-hydrogen) atoms. The van der Waals surface area contributed by atoms with Crippen molar-refractivity contribution in [1.29, 1.82) is 5.41 Å². The van der Waals surface area contributed by atoms with Crippen LogP contribution >= 0.6 is 0 Å². The van der Waals surface area contributed by atoms with E-state index in [-0.39, 0.29) is 44.1 Å². The first-order chi connectivity index (χ1) is 41.0. The van der Waals surface area contributed by atoms with Crippen molar-refractivity contribution in [3.63, 3.8) is 0 Å². The van der Waals surface area contributed by atoms with Gasteiger partial charge in [0.2, 0.25) is 59.1 Å². The molecule has 28 nitrogen and oxygen atoms in total. The number of guanidine groups is 1. The SMILES string of the molecule is CC[C@@H](C)[C@@H](NC(=O)[C@@H](CCCNC(=N)N)NC(=O)[C@H](CO)NC(=O)[C@@H](NC(=O)[C@@H](Cc1ccccc1)NC)[C@@H](C)CC)C(=O)N[C@H](C(=O)N[C@@H](CO)C(=O)N[C@H]1C(=O)N[C@@H](C)C(=O)N[C@@H](CC(C)C)C(=O)N[C@@H]([C@@H](C)CC)C(=O)O[C@H]1C)[C@@H](C)CC. The van der Waals surface area contributed by atoms with Gasteiger partial charge in [-0.25, -0.2) is 4.79 Å². The summed E-state index contributed by atoms with van der Waals surface area (Å²) in [6.07, 6.45) is 0.496. The van der Waals surface area contributed by atoms with E-state index in [2.05, 4.69) is 63.8 Å². The molecule has 10 amide bonds. The monoisotopic (exact) mass is 1230 g/mol. The number of nitrogens with one attached hydrogen (secondary N) is 13. The van der Waals surface area contributed by atoms with Gasteiger partial charge in [-0.1, -0.05) is 125 Å². The number of benzene rings is 1. The Morgan fingerprint density at radius 1 is 0.609 bits per heavy atom. The molecule has 0 aliphatic carbocycles. The van der Waals surface area contributed by atoms with Crippen LogP contribution in [-0.2, 0) is 63.9 Å². The Bertz CT molecular complexity index is 2470. The molecule has 16 atom stereocenters. The molecule has 0 bridgehead atoms. The smallest absolute Gasteiger partial charge is 0.329 e. The van der Waals surface area contributed by atoms with E-state index in [0.29, 0.717) is 25.7 Å². The third-order valence-corrected chi connectivity index (χ3v) is 15.8. The number of ether oxygens (including phenoxy) is 1. The van der Waals surface area contributed by atoms with Crippen molar-refractivity contribution in [3.8, 4) is 0 Å². The average Bonchev–Trinajstić information content (AvgIpc) is 3.00. The van der Waals surface area contributed by atoms with Gasteiger partial charge in [-0.15, -0.1) is 0 Å². The average molecular weight is 1230 g/mol. The first kappa shape index (κ1) is 75.6. The number of rotatable bonds is 33. The Morgan fingerprint density at radius 3 is 1.55 bits per heavy atom. The Labute approximate surface area is 511 Å². The fourth-order valence-electron chi connectivity index (χ4n) is 9.28. The molecule has 1 aliphatic heterocycles. The van der Waals surface area contributed by atoms with Crippen LogP contribution in [0, 0.1) is 35.0 Å². The Balaban J connectivity index is 2.43. The highest BCUT2D eigenvalue weighted by Gasteiger charge is 2.41. The molecule has 0 unspecified atom stereocenters. The third-order valence-electron chi connectivity index (χ3n) is 15.8. The zero-order valence-corrected chi connectivity index (χ0v) is 52.9. The van der Waals surface area contributed by atoms with Crippen molar-refractivity contribution in [2.24, 2.45) is 35.3 Å². The van der Waals surface area contributed by atoms with Gasteiger partial charge in [0.25, 0.3) is 0 Å². The minimum Gasteiger partial charge on any atom is -0.458 e. The van der Waals surface area contributed by atoms with Crippen molar-refractivity contribution < 1.29 is 67.7 Å². The summed E-state index contributed by atoms with van der Waals surface area (Å²) < 4.78 is 5.72. The molecule has 0 saturated carbocycles. The number of nitrogens with two attached hydrogens (primary N) is 1. The van der Waals surface area contributed by atoms with E-state index < -0.39 is 174 Å². The van der Waals surface area contributed by atoms with Crippen LogP contribution in [0.2, 0.25) is 0 Å². The molecule has 0 spiro atoms. The number of aliphatic hydroxyl groups is 2. The zero-order valence-electron chi connectivity index (χ0n) is 52.9. The van der Waals surface area contributed by atoms with Crippen molar-refractivity contribution in [1.82, 2.24) is 63.8 Å². The molecule has 0 aromatic heterocycles.